The number of furan rings is 1. The van der Waals surface area contributed by atoms with Gasteiger partial charge in [0.15, 0.2) is 0 Å². The van der Waals surface area contributed by atoms with E-state index in [0.717, 1.165) is 0 Å². The number of rotatable bonds is 5. The zero-order valence-corrected chi connectivity index (χ0v) is 10.6. The Morgan fingerprint density at radius 3 is 2.82 bits per heavy atom. The van der Waals surface area contributed by atoms with Crippen LogP contribution < -0.4 is 5.32 Å². The zero-order chi connectivity index (χ0) is 13.1. The Balaban J connectivity index is 2.70. The third-order valence-corrected chi connectivity index (χ3v) is 2.90. The van der Waals surface area contributed by atoms with Crippen LogP contribution in [-0.2, 0) is 11.3 Å². The predicted octanol–water partition coefficient (Wildman–Crippen LogP) is 1.32. The number of aliphatic hydroxyl groups excluding tert-OH is 1. The lowest BCUT2D eigenvalue weighted by Gasteiger charge is -2.29. The van der Waals surface area contributed by atoms with Crippen molar-refractivity contribution < 1.29 is 19.1 Å². The number of aliphatic hydroxyl groups is 1. The molecule has 0 saturated carbocycles. The molecule has 0 aliphatic carbocycles. The maximum Gasteiger partial charge on any atom is 0.374 e. The predicted molar refractivity (Wildman–Crippen MR) is 62.6 cm³/mol. The summed E-state index contributed by atoms with van der Waals surface area (Å²) in [4.78, 5) is 11.4. The quantitative estimate of drug-likeness (QED) is 0.761. The van der Waals surface area contributed by atoms with Gasteiger partial charge in [-0.3, -0.25) is 0 Å². The van der Waals surface area contributed by atoms with E-state index >= 15 is 0 Å². The average Bonchev–Trinajstić information content (AvgIpc) is 2.73. The molecule has 0 fully saturated rings. The molecule has 1 aromatic heterocycles. The number of esters is 1. The smallest absolute Gasteiger partial charge is 0.374 e. The van der Waals surface area contributed by atoms with Crippen LogP contribution in [0.5, 0.6) is 0 Å². The molecule has 2 N–H and O–H groups in total. The maximum atomic E-state index is 11.4. The zero-order valence-electron chi connectivity index (χ0n) is 10.6. The molecular formula is C12H19NO4. The Hall–Kier alpha value is -1.33. The Kier molecular flexibility index (Phi) is 4.31. The number of hydrogen-bond donors (Lipinski definition) is 2. The highest BCUT2D eigenvalue weighted by molar-refractivity contribution is 5.87. The van der Waals surface area contributed by atoms with Gasteiger partial charge in [0, 0.05) is 17.6 Å². The summed E-state index contributed by atoms with van der Waals surface area (Å²) in [5.74, 6) is -0.303. The largest absolute Gasteiger partial charge is 0.463 e. The summed E-state index contributed by atoms with van der Waals surface area (Å²) in [5, 5.41) is 12.7. The van der Waals surface area contributed by atoms with Crippen LogP contribution >= 0.6 is 0 Å². The van der Waals surface area contributed by atoms with Gasteiger partial charge in [0.1, 0.15) is 0 Å². The molecule has 96 valence electrons. The van der Waals surface area contributed by atoms with Crippen molar-refractivity contribution in [2.24, 2.45) is 0 Å². The highest BCUT2D eigenvalue weighted by Crippen LogP contribution is 2.15. The van der Waals surface area contributed by atoms with Gasteiger partial charge in [0.25, 0.3) is 0 Å². The first-order valence-corrected chi connectivity index (χ1v) is 5.46. The minimum atomic E-state index is -0.504. The lowest BCUT2D eigenvalue weighted by molar-refractivity contribution is 0.0562. The van der Waals surface area contributed by atoms with Crippen molar-refractivity contribution in [1.82, 2.24) is 5.32 Å². The number of methoxy groups -OCH3 is 1. The molecule has 5 nitrogen and oxygen atoms in total. The summed E-state index contributed by atoms with van der Waals surface area (Å²) in [6.07, 6.45) is 0.939. The van der Waals surface area contributed by atoms with Gasteiger partial charge in [-0.2, -0.15) is 0 Å². The average molecular weight is 241 g/mol. The van der Waals surface area contributed by atoms with Crippen LogP contribution in [0.3, 0.4) is 0 Å². The third kappa shape index (κ3) is 3.31. The van der Waals surface area contributed by atoms with Crippen molar-refractivity contribution in [2.75, 3.05) is 7.11 Å². The summed E-state index contributed by atoms with van der Waals surface area (Å²) >= 11 is 0. The van der Waals surface area contributed by atoms with Crippen molar-refractivity contribution in [3.63, 3.8) is 0 Å². The van der Waals surface area contributed by atoms with E-state index < -0.39 is 17.6 Å². The first kappa shape index (κ1) is 13.7. The molecule has 0 saturated heterocycles. The molecule has 0 aromatic carbocycles. The van der Waals surface area contributed by atoms with Crippen molar-refractivity contribution >= 4 is 5.97 Å². The van der Waals surface area contributed by atoms with Crippen LogP contribution in [-0.4, -0.2) is 29.8 Å². The van der Waals surface area contributed by atoms with Gasteiger partial charge in [0.2, 0.25) is 5.76 Å². The van der Waals surface area contributed by atoms with E-state index in [4.69, 9.17) is 4.42 Å². The van der Waals surface area contributed by atoms with E-state index in [9.17, 15) is 9.90 Å². The number of hydrogen-bond acceptors (Lipinski definition) is 5. The van der Waals surface area contributed by atoms with Crippen molar-refractivity contribution in [3.8, 4) is 0 Å². The molecule has 0 bridgehead atoms. The van der Waals surface area contributed by atoms with E-state index in [2.05, 4.69) is 10.1 Å². The van der Waals surface area contributed by atoms with Gasteiger partial charge in [-0.1, -0.05) is 0 Å². The minimum absolute atomic E-state index is 0.196. The lowest BCUT2D eigenvalue weighted by atomic mass is 9.98. The molecule has 1 atom stereocenters. The highest BCUT2D eigenvalue weighted by Gasteiger charge is 2.24. The molecule has 0 amide bonds. The van der Waals surface area contributed by atoms with E-state index in [1.807, 2.05) is 13.8 Å². The molecule has 0 aliphatic heterocycles. The van der Waals surface area contributed by atoms with E-state index in [1.54, 1.807) is 13.0 Å². The molecule has 5 heteroatoms. The Labute approximate surface area is 101 Å². The third-order valence-electron chi connectivity index (χ3n) is 2.90. The van der Waals surface area contributed by atoms with Crippen molar-refractivity contribution in [3.05, 3.63) is 23.7 Å². The van der Waals surface area contributed by atoms with Crippen LogP contribution in [0.1, 0.15) is 36.9 Å². The first-order valence-electron chi connectivity index (χ1n) is 5.46. The monoisotopic (exact) mass is 241 g/mol. The van der Waals surface area contributed by atoms with Crippen LogP contribution in [0.15, 0.2) is 16.7 Å². The van der Waals surface area contributed by atoms with Crippen LogP contribution in [0.4, 0.5) is 0 Å². The van der Waals surface area contributed by atoms with Crippen LogP contribution in [0.25, 0.3) is 0 Å². The summed E-state index contributed by atoms with van der Waals surface area (Å²) < 4.78 is 9.67. The summed E-state index contributed by atoms with van der Waals surface area (Å²) in [7, 11) is 1.31. The van der Waals surface area contributed by atoms with Gasteiger partial charge >= 0.3 is 5.97 Å². The van der Waals surface area contributed by atoms with Crippen LogP contribution in [0, 0.1) is 0 Å². The molecule has 17 heavy (non-hydrogen) atoms. The van der Waals surface area contributed by atoms with Crippen molar-refractivity contribution in [1.29, 1.82) is 0 Å². The fourth-order valence-corrected chi connectivity index (χ4v) is 1.22. The SMILES string of the molecule is COC(=O)c1occc1CNC(C)(C)C(C)O. The standard InChI is InChI=1S/C12H19NO4/c1-8(14)12(2,3)13-7-9-5-6-17-10(9)11(15)16-4/h5-6,8,13-14H,7H2,1-4H3. The van der Waals surface area contributed by atoms with Crippen LogP contribution in [0.2, 0.25) is 0 Å². The molecule has 0 aliphatic rings. The fourth-order valence-electron chi connectivity index (χ4n) is 1.22. The summed E-state index contributed by atoms with van der Waals surface area (Å²) in [5.41, 5.74) is 0.274. The van der Waals surface area contributed by atoms with E-state index in [1.165, 1.54) is 13.4 Å². The fraction of sp³-hybridized carbons (Fsp3) is 0.583. The number of carbonyl (C=O) groups is 1. The number of nitrogens with one attached hydrogen (secondary N) is 1. The normalized spacial score (nSPS) is 13.5. The van der Waals surface area contributed by atoms with Gasteiger partial charge in [-0.05, 0) is 26.8 Å². The second-order valence-corrected chi connectivity index (χ2v) is 4.52. The molecule has 0 spiro atoms. The summed E-state index contributed by atoms with van der Waals surface area (Å²) in [6, 6.07) is 1.71. The highest BCUT2D eigenvalue weighted by atomic mass is 16.5. The minimum Gasteiger partial charge on any atom is -0.463 e. The van der Waals surface area contributed by atoms with E-state index in [0.29, 0.717) is 12.1 Å². The van der Waals surface area contributed by atoms with Gasteiger partial charge in [-0.25, -0.2) is 4.79 Å². The Bertz CT molecular complexity index is 382. The number of ether oxygens (including phenoxy) is 1. The van der Waals surface area contributed by atoms with Gasteiger partial charge in [0.05, 0.1) is 19.5 Å². The second-order valence-electron chi connectivity index (χ2n) is 4.52. The molecule has 1 heterocycles. The molecule has 1 rings (SSSR count). The lowest BCUT2D eigenvalue weighted by Crippen LogP contribution is -2.47. The Morgan fingerprint density at radius 1 is 1.65 bits per heavy atom. The van der Waals surface area contributed by atoms with Gasteiger partial charge in [-0.15, -0.1) is 0 Å². The van der Waals surface area contributed by atoms with Gasteiger partial charge < -0.3 is 19.6 Å². The molecule has 1 aromatic rings. The van der Waals surface area contributed by atoms with Crippen molar-refractivity contribution in [2.45, 2.75) is 39.0 Å². The molecular weight excluding hydrogens is 222 g/mol. The van der Waals surface area contributed by atoms with E-state index in [-0.39, 0.29) is 5.76 Å². The topological polar surface area (TPSA) is 71.7 Å². The molecule has 0 radical (unpaired) electrons. The number of carbonyl (C=O) groups excluding carboxylic acids is 1. The Morgan fingerprint density at radius 2 is 2.29 bits per heavy atom. The first-order chi connectivity index (χ1) is 7.88. The second kappa shape index (κ2) is 5.33. The maximum absolute atomic E-state index is 11.4. The molecule has 1 unspecified atom stereocenters. The summed E-state index contributed by atoms with van der Waals surface area (Å²) in [6.45, 7) is 5.91.